The van der Waals surface area contributed by atoms with E-state index < -0.39 is 0 Å². The van der Waals surface area contributed by atoms with Crippen LogP contribution in [0.3, 0.4) is 0 Å². The molecule has 1 N–H and O–H groups in total. The first-order chi connectivity index (χ1) is 9.77. The summed E-state index contributed by atoms with van der Waals surface area (Å²) in [5, 5.41) is 3.62. The minimum atomic E-state index is 0.746. The lowest BCUT2D eigenvalue weighted by Crippen LogP contribution is -2.43. The predicted octanol–water partition coefficient (Wildman–Crippen LogP) is 2.59. The van der Waals surface area contributed by atoms with Crippen LogP contribution in [0.1, 0.15) is 25.7 Å². The third-order valence-corrected chi connectivity index (χ3v) is 4.35. The van der Waals surface area contributed by atoms with Crippen molar-refractivity contribution in [2.75, 3.05) is 45.2 Å². The number of nitrogens with one attached hydrogen (secondary N) is 1. The molecule has 0 radical (unpaired) electrons. The third kappa shape index (κ3) is 4.80. The van der Waals surface area contributed by atoms with Gasteiger partial charge < -0.3 is 15.1 Å². The van der Waals surface area contributed by atoms with E-state index in [-0.39, 0.29) is 0 Å². The van der Waals surface area contributed by atoms with E-state index in [4.69, 9.17) is 0 Å². The van der Waals surface area contributed by atoms with Crippen LogP contribution in [0, 0.1) is 0 Å². The lowest BCUT2D eigenvalue weighted by atomic mass is 10.0. The molecule has 3 nitrogen and oxygen atoms in total. The zero-order valence-corrected chi connectivity index (χ0v) is 13.0. The quantitative estimate of drug-likeness (QED) is 0.772. The predicted molar refractivity (Wildman–Crippen MR) is 87.5 cm³/mol. The van der Waals surface area contributed by atoms with Gasteiger partial charge in [-0.2, -0.15) is 0 Å². The smallest absolute Gasteiger partial charge is 0.0363 e. The van der Waals surface area contributed by atoms with Crippen LogP contribution in [0.4, 0.5) is 5.69 Å². The molecule has 20 heavy (non-hydrogen) atoms. The van der Waals surface area contributed by atoms with Gasteiger partial charge in [-0.25, -0.2) is 0 Å². The molecule has 1 fully saturated rings. The SMILES string of the molecule is CN(CCCNCC1CCCCN1C)c1ccccc1. The molecule has 0 spiro atoms. The number of likely N-dealkylation sites (tertiary alicyclic amines) is 1. The largest absolute Gasteiger partial charge is 0.375 e. The fourth-order valence-electron chi connectivity index (χ4n) is 2.92. The van der Waals surface area contributed by atoms with Crippen LogP contribution < -0.4 is 10.2 Å². The van der Waals surface area contributed by atoms with Gasteiger partial charge in [0.25, 0.3) is 0 Å². The van der Waals surface area contributed by atoms with Gasteiger partial charge in [-0.05, 0) is 51.5 Å². The summed E-state index contributed by atoms with van der Waals surface area (Å²) in [6.07, 6.45) is 5.32. The van der Waals surface area contributed by atoms with Crippen LogP contribution >= 0.6 is 0 Å². The first-order valence-electron chi connectivity index (χ1n) is 7.94. The Morgan fingerprint density at radius 1 is 1.25 bits per heavy atom. The molecule has 1 saturated heterocycles. The fourth-order valence-corrected chi connectivity index (χ4v) is 2.92. The highest BCUT2D eigenvalue weighted by molar-refractivity contribution is 5.44. The molecular weight excluding hydrogens is 246 g/mol. The Kier molecular flexibility index (Phi) is 6.34. The number of nitrogens with zero attached hydrogens (tertiary/aromatic N) is 2. The first-order valence-corrected chi connectivity index (χ1v) is 7.94. The first kappa shape index (κ1) is 15.3. The molecule has 1 aliphatic heterocycles. The van der Waals surface area contributed by atoms with Gasteiger partial charge in [-0.3, -0.25) is 0 Å². The fraction of sp³-hybridized carbons (Fsp3) is 0.647. The summed E-state index contributed by atoms with van der Waals surface area (Å²) in [7, 11) is 4.43. The third-order valence-electron chi connectivity index (χ3n) is 4.35. The summed E-state index contributed by atoms with van der Waals surface area (Å²) < 4.78 is 0. The second-order valence-electron chi connectivity index (χ2n) is 5.94. The van der Waals surface area contributed by atoms with E-state index in [0.29, 0.717) is 0 Å². The lowest BCUT2D eigenvalue weighted by Gasteiger charge is -2.32. The van der Waals surface area contributed by atoms with Gasteiger partial charge >= 0.3 is 0 Å². The Hall–Kier alpha value is -1.06. The van der Waals surface area contributed by atoms with E-state index >= 15 is 0 Å². The second kappa shape index (κ2) is 8.28. The molecule has 1 unspecified atom stereocenters. The zero-order valence-electron chi connectivity index (χ0n) is 13.0. The van der Waals surface area contributed by atoms with Gasteiger partial charge in [0.1, 0.15) is 0 Å². The highest BCUT2D eigenvalue weighted by atomic mass is 15.2. The standard InChI is InChI=1S/C17H29N3/c1-19(16-9-4-3-5-10-16)14-8-12-18-15-17-11-6-7-13-20(17)2/h3-5,9-10,17-18H,6-8,11-15H2,1-2H3. The van der Waals surface area contributed by atoms with Crippen LogP contribution in [0.25, 0.3) is 0 Å². The number of benzene rings is 1. The Morgan fingerprint density at radius 2 is 2.05 bits per heavy atom. The summed E-state index contributed by atoms with van der Waals surface area (Å²) in [4.78, 5) is 4.83. The Balaban J connectivity index is 1.57. The highest BCUT2D eigenvalue weighted by Gasteiger charge is 2.17. The summed E-state index contributed by atoms with van der Waals surface area (Å²) in [6.45, 7) is 4.63. The summed E-state index contributed by atoms with van der Waals surface area (Å²) in [5.41, 5.74) is 1.31. The molecule has 1 heterocycles. The number of piperidine rings is 1. The van der Waals surface area contributed by atoms with Gasteiger partial charge in [0.15, 0.2) is 0 Å². The summed E-state index contributed by atoms with van der Waals surface area (Å²) in [5.74, 6) is 0. The molecule has 2 rings (SSSR count). The molecule has 0 aliphatic carbocycles. The number of anilines is 1. The van der Waals surface area contributed by atoms with Crippen LogP contribution in [0.15, 0.2) is 30.3 Å². The van der Waals surface area contributed by atoms with E-state index in [1.54, 1.807) is 0 Å². The molecule has 0 saturated carbocycles. The number of rotatable bonds is 7. The number of hydrogen-bond donors (Lipinski definition) is 1. The Labute approximate surface area is 124 Å². The van der Waals surface area contributed by atoms with E-state index in [9.17, 15) is 0 Å². The van der Waals surface area contributed by atoms with Crippen molar-refractivity contribution in [3.8, 4) is 0 Å². The lowest BCUT2D eigenvalue weighted by molar-refractivity contribution is 0.182. The molecule has 1 aromatic rings. The van der Waals surface area contributed by atoms with Crippen molar-refractivity contribution in [1.29, 1.82) is 0 Å². The average Bonchev–Trinajstić information content (AvgIpc) is 2.49. The van der Waals surface area contributed by atoms with E-state index in [1.165, 1.54) is 37.9 Å². The van der Waals surface area contributed by atoms with Crippen molar-refractivity contribution in [2.45, 2.75) is 31.7 Å². The van der Waals surface area contributed by atoms with Crippen LogP contribution in [0.2, 0.25) is 0 Å². The Bertz CT molecular complexity index is 366. The number of hydrogen-bond acceptors (Lipinski definition) is 3. The summed E-state index contributed by atoms with van der Waals surface area (Å²) >= 11 is 0. The molecule has 3 heteroatoms. The monoisotopic (exact) mass is 275 g/mol. The zero-order chi connectivity index (χ0) is 14.2. The maximum Gasteiger partial charge on any atom is 0.0363 e. The van der Waals surface area contributed by atoms with Crippen molar-refractivity contribution in [3.63, 3.8) is 0 Å². The van der Waals surface area contributed by atoms with E-state index in [1.807, 2.05) is 0 Å². The highest BCUT2D eigenvalue weighted by Crippen LogP contribution is 2.14. The normalized spacial score (nSPS) is 20.0. The maximum atomic E-state index is 3.62. The van der Waals surface area contributed by atoms with Crippen molar-refractivity contribution in [1.82, 2.24) is 10.2 Å². The molecule has 0 aromatic heterocycles. The van der Waals surface area contributed by atoms with Gasteiger partial charge in [0.05, 0.1) is 0 Å². The van der Waals surface area contributed by atoms with Crippen molar-refractivity contribution in [3.05, 3.63) is 30.3 Å². The van der Waals surface area contributed by atoms with E-state index in [0.717, 1.165) is 25.7 Å². The van der Waals surface area contributed by atoms with Crippen molar-refractivity contribution >= 4 is 5.69 Å². The van der Waals surface area contributed by atoms with Gasteiger partial charge in [0, 0.05) is 31.9 Å². The molecule has 0 amide bonds. The minimum absolute atomic E-state index is 0.746. The topological polar surface area (TPSA) is 18.5 Å². The number of likely N-dealkylation sites (N-methyl/N-ethyl adjacent to an activating group) is 1. The molecule has 112 valence electrons. The van der Waals surface area contributed by atoms with Crippen LogP contribution in [-0.2, 0) is 0 Å². The summed E-state index contributed by atoms with van der Waals surface area (Å²) in [6, 6.07) is 11.4. The molecule has 0 bridgehead atoms. The maximum absolute atomic E-state index is 3.62. The second-order valence-corrected chi connectivity index (χ2v) is 5.94. The van der Waals surface area contributed by atoms with Crippen molar-refractivity contribution < 1.29 is 0 Å². The van der Waals surface area contributed by atoms with Crippen molar-refractivity contribution in [2.24, 2.45) is 0 Å². The van der Waals surface area contributed by atoms with Gasteiger partial charge in [-0.1, -0.05) is 24.6 Å². The van der Waals surface area contributed by atoms with Crippen LogP contribution in [0.5, 0.6) is 0 Å². The molecular formula is C17H29N3. The molecule has 1 aliphatic rings. The molecule has 1 aromatic carbocycles. The van der Waals surface area contributed by atoms with Gasteiger partial charge in [-0.15, -0.1) is 0 Å². The van der Waals surface area contributed by atoms with Gasteiger partial charge in [0.2, 0.25) is 0 Å². The Morgan fingerprint density at radius 3 is 2.80 bits per heavy atom. The molecule has 1 atom stereocenters. The average molecular weight is 275 g/mol. The van der Waals surface area contributed by atoms with Crippen LogP contribution in [-0.4, -0.2) is 51.2 Å². The van der Waals surface area contributed by atoms with E-state index in [2.05, 4.69) is 59.5 Å². The minimum Gasteiger partial charge on any atom is -0.375 e. The number of para-hydroxylation sites is 1.